The fourth-order valence-electron chi connectivity index (χ4n) is 3.21. The van der Waals surface area contributed by atoms with E-state index in [0.29, 0.717) is 6.04 Å². The third-order valence-corrected chi connectivity index (χ3v) is 4.47. The van der Waals surface area contributed by atoms with Gasteiger partial charge in [0.15, 0.2) is 0 Å². The largest absolute Gasteiger partial charge is 0.395 e. The van der Waals surface area contributed by atoms with Gasteiger partial charge in [-0.2, -0.15) is 0 Å². The van der Waals surface area contributed by atoms with Crippen molar-refractivity contribution in [2.45, 2.75) is 44.7 Å². The molecule has 0 bridgehead atoms. The summed E-state index contributed by atoms with van der Waals surface area (Å²) in [5.41, 5.74) is 1.93. The molecule has 1 aliphatic rings. The van der Waals surface area contributed by atoms with E-state index in [4.69, 9.17) is 0 Å². The molecule has 4 heteroatoms. The van der Waals surface area contributed by atoms with Gasteiger partial charge in [0.1, 0.15) is 0 Å². The highest BCUT2D eigenvalue weighted by Gasteiger charge is 2.20. The van der Waals surface area contributed by atoms with Crippen LogP contribution in [0.3, 0.4) is 0 Å². The molecule has 22 heavy (non-hydrogen) atoms. The molecule has 0 heterocycles. The number of carbonyl (C=O) groups is 1. The maximum atomic E-state index is 11.9. The van der Waals surface area contributed by atoms with E-state index < -0.39 is 0 Å². The summed E-state index contributed by atoms with van der Waals surface area (Å²) in [6.07, 6.45) is 6.39. The van der Waals surface area contributed by atoms with E-state index in [2.05, 4.69) is 4.90 Å². The van der Waals surface area contributed by atoms with Crippen molar-refractivity contribution in [3.8, 4) is 0 Å². The van der Waals surface area contributed by atoms with E-state index in [1.54, 1.807) is 19.0 Å². The molecule has 1 saturated carbocycles. The van der Waals surface area contributed by atoms with Gasteiger partial charge in [-0.25, -0.2) is 0 Å². The van der Waals surface area contributed by atoms with E-state index >= 15 is 0 Å². The van der Waals surface area contributed by atoms with Gasteiger partial charge in [-0.15, -0.1) is 0 Å². The van der Waals surface area contributed by atoms with E-state index in [1.807, 2.05) is 24.3 Å². The lowest BCUT2D eigenvalue weighted by molar-refractivity contribution is 0.0827. The van der Waals surface area contributed by atoms with Crippen LogP contribution in [0.2, 0.25) is 0 Å². The Labute approximate surface area is 133 Å². The van der Waals surface area contributed by atoms with Crippen LogP contribution in [-0.4, -0.2) is 54.1 Å². The minimum absolute atomic E-state index is 0.0334. The van der Waals surface area contributed by atoms with Crippen LogP contribution in [0.1, 0.15) is 48.0 Å². The second-order valence-electron chi connectivity index (χ2n) is 6.38. The molecule has 1 aromatic carbocycles. The van der Waals surface area contributed by atoms with Gasteiger partial charge in [-0.1, -0.05) is 31.4 Å². The van der Waals surface area contributed by atoms with Crippen LogP contribution in [0.15, 0.2) is 24.3 Å². The average molecular weight is 304 g/mol. The normalized spacial score (nSPS) is 16.0. The first-order valence-corrected chi connectivity index (χ1v) is 8.27. The summed E-state index contributed by atoms with van der Waals surface area (Å²) in [7, 11) is 3.53. The van der Waals surface area contributed by atoms with Gasteiger partial charge in [0.2, 0.25) is 0 Å². The zero-order chi connectivity index (χ0) is 15.9. The molecule has 1 N–H and O–H groups in total. The maximum absolute atomic E-state index is 11.9. The van der Waals surface area contributed by atoms with Crippen molar-refractivity contribution < 1.29 is 9.90 Å². The molecule has 0 aromatic heterocycles. The molecule has 2 rings (SSSR count). The molecule has 4 nitrogen and oxygen atoms in total. The molecule has 0 radical (unpaired) electrons. The number of rotatable bonds is 6. The Morgan fingerprint density at radius 1 is 1.14 bits per heavy atom. The lowest BCUT2D eigenvalue weighted by atomic mass is 9.94. The van der Waals surface area contributed by atoms with Crippen molar-refractivity contribution in [2.24, 2.45) is 0 Å². The second kappa shape index (κ2) is 8.30. The molecular formula is C18H28N2O2. The maximum Gasteiger partial charge on any atom is 0.253 e. The first-order chi connectivity index (χ1) is 10.6. The monoisotopic (exact) mass is 304 g/mol. The molecule has 122 valence electrons. The van der Waals surface area contributed by atoms with Crippen LogP contribution >= 0.6 is 0 Å². The van der Waals surface area contributed by atoms with Gasteiger partial charge in [0.25, 0.3) is 5.91 Å². The zero-order valence-corrected chi connectivity index (χ0v) is 13.8. The lowest BCUT2D eigenvalue weighted by Crippen LogP contribution is -2.38. The van der Waals surface area contributed by atoms with Crippen molar-refractivity contribution in [1.82, 2.24) is 9.80 Å². The summed E-state index contributed by atoms with van der Waals surface area (Å²) >= 11 is 0. The highest BCUT2D eigenvalue weighted by atomic mass is 16.3. The number of hydrogen-bond donors (Lipinski definition) is 1. The van der Waals surface area contributed by atoms with Gasteiger partial charge in [0, 0.05) is 38.8 Å². The minimum Gasteiger partial charge on any atom is -0.395 e. The van der Waals surface area contributed by atoms with E-state index in [0.717, 1.165) is 18.7 Å². The number of carbonyl (C=O) groups excluding carboxylic acids is 1. The first kappa shape index (κ1) is 17.0. The van der Waals surface area contributed by atoms with Gasteiger partial charge in [0.05, 0.1) is 6.61 Å². The fraction of sp³-hybridized carbons (Fsp3) is 0.611. The highest BCUT2D eigenvalue weighted by Crippen LogP contribution is 2.24. The number of aliphatic hydroxyl groups is 1. The van der Waals surface area contributed by atoms with Crippen molar-refractivity contribution in [2.75, 3.05) is 27.2 Å². The molecule has 1 amide bonds. The first-order valence-electron chi connectivity index (χ1n) is 8.27. The van der Waals surface area contributed by atoms with Crippen molar-refractivity contribution >= 4 is 5.91 Å². The smallest absolute Gasteiger partial charge is 0.253 e. The van der Waals surface area contributed by atoms with Crippen LogP contribution < -0.4 is 0 Å². The number of nitrogens with zero attached hydrogens (tertiary/aromatic N) is 2. The van der Waals surface area contributed by atoms with Crippen molar-refractivity contribution in [3.05, 3.63) is 35.4 Å². The Hall–Kier alpha value is -1.39. The van der Waals surface area contributed by atoms with Gasteiger partial charge in [-0.3, -0.25) is 9.69 Å². The SMILES string of the molecule is CN(C)C(=O)c1ccc(CN(CCO)C2CCCCC2)cc1. The Kier molecular flexibility index (Phi) is 6.40. The van der Waals surface area contributed by atoms with E-state index in [-0.39, 0.29) is 12.5 Å². The molecule has 0 aliphatic heterocycles. The summed E-state index contributed by atoms with van der Waals surface area (Å²) in [6, 6.07) is 8.45. The molecule has 1 fully saturated rings. The summed E-state index contributed by atoms with van der Waals surface area (Å²) in [6.45, 7) is 1.78. The third kappa shape index (κ3) is 4.55. The van der Waals surface area contributed by atoms with Gasteiger partial charge in [-0.05, 0) is 30.5 Å². The van der Waals surface area contributed by atoms with Crippen molar-refractivity contribution in [3.63, 3.8) is 0 Å². The predicted octanol–water partition coefficient (Wildman–Crippen LogP) is 2.52. The summed E-state index contributed by atoms with van der Waals surface area (Å²) in [5, 5.41) is 9.33. The number of aliphatic hydroxyl groups excluding tert-OH is 1. The average Bonchev–Trinajstić information content (AvgIpc) is 2.55. The van der Waals surface area contributed by atoms with Crippen LogP contribution in [-0.2, 0) is 6.54 Å². The Balaban J connectivity index is 2.01. The number of amides is 1. The van der Waals surface area contributed by atoms with Crippen LogP contribution in [0.25, 0.3) is 0 Å². The fourth-order valence-corrected chi connectivity index (χ4v) is 3.21. The molecule has 0 atom stereocenters. The van der Waals surface area contributed by atoms with Gasteiger partial charge >= 0.3 is 0 Å². The minimum atomic E-state index is 0.0334. The quantitative estimate of drug-likeness (QED) is 0.878. The van der Waals surface area contributed by atoms with Gasteiger partial charge < -0.3 is 10.0 Å². The molecule has 0 unspecified atom stereocenters. The molecule has 0 saturated heterocycles. The number of hydrogen-bond acceptors (Lipinski definition) is 3. The Morgan fingerprint density at radius 3 is 2.32 bits per heavy atom. The molecule has 1 aromatic rings. The molecule has 0 spiro atoms. The third-order valence-electron chi connectivity index (χ3n) is 4.47. The highest BCUT2D eigenvalue weighted by molar-refractivity contribution is 5.93. The topological polar surface area (TPSA) is 43.8 Å². The Bertz CT molecular complexity index is 464. The molecular weight excluding hydrogens is 276 g/mol. The van der Waals surface area contributed by atoms with Crippen LogP contribution in [0.4, 0.5) is 0 Å². The lowest BCUT2D eigenvalue weighted by Gasteiger charge is -2.34. The summed E-state index contributed by atoms with van der Waals surface area (Å²) in [4.78, 5) is 15.9. The summed E-state index contributed by atoms with van der Waals surface area (Å²) in [5.74, 6) is 0.0334. The molecule has 1 aliphatic carbocycles. The zero-order valence-electron chi connectivity index (χ0n) is 13.8. The summed E-state index contributed by atoms with van der Waals surface area (Å²) < 4.78 is 0. The predicted molar refractivity (Wildman–Crippen MR) is 88.8 cm³/mol. The second-order valence-corrected chi connectivity index (χ2v) is 6.38. The van der Waals surface area contributed by atoms with E-state index in [9.17, 15) is 9.90 Å². The van der Waals surface area contributed by atoms with Crippen LogP contribution in [0.5, 0.6) is 0 Å². The standard InChI is InChI=1S/C18H28N2O2/c1-19(2)18(22)16-10-8-15(9-11-16)14-20(12-13-21)17-6-4-3-5-7-17/h8-11,17,21H,3-7,12-14H2,1-2H3. The van der Waals surface area contributed by atoms with Crippen LogP contribution in [0, 0.1) is 0 Å². The van der Waals surface area contributed by atoms with Crippen molar-refractivity contribution in [1.29, 1.82) is 0 Å². The number of benzene rings is 1. The van der Waals surface area contributed by atoms with E-state index in [1.165, 1.54) is 37.7 Å². The Morgan fingerprint density at radius 2 is 1.77 bits per heavy atom.